The first-order valence-corrected chi connectivity index (χ1v) is 6.66. The summed E-state index contributed by atoms with van der Waals surface area (Å²) in [6, 6.07) is 8.25. The largest absolute Gasteiger partial charge is 0.481 e. The maximum Gasteiger partial charge on any atom is 0.303 e. The number of aromatic nitrogens is 1. The number of carbonyl (C=O) groups is 1. The van der Waals surface area contributed by atoms with Gasteiger partial charge in [0.25, 0.3) is 0 Å². The quantitative estimate of drug-likeness (QED) is 0.900. The third-order valence-corrected chi connectivity index (χ3v) is 3.85. The lowest BCUT2D eigenvalue weighted by Gasteiger charge is -2.01. The zero-order valence-electron chi connectivity index (χ0n) is 10.2. The van der Waals surface area contributed by atoms with E-state index in [2.05, 4.69) is 24.0 Å². The van der Waals surface area contributed by atoms with Crippen LogP contribution in [0.2, 0.25) is 0 Å². The van der Waals surface area contributed by atoms with Crippen LogP contribution < -0.4 is 0 Å². The fourth-order valence-electron chi connectivity index (χ4n) is 1.75. The van der Waals surface area contributed by atoms with Crippen LogP contribution >= 0.6 is 11.3 Å². The van der Waals surface area contributed by atoms with Gasteiger partial charge in [0.15, 0.2) is 0 Å². The first-order valence-electron chi connectivity index (χ1n) is 5.85. The molecule has 1 heterocycles. The Morgan fingerprint density at radius 2 is 2.17 bits per heavy atom. The molecule has 0 bridgehead atoms. The highest BCUT2D eigenvalue weighted by Crippen LogP contribution is 2.19. The third-order valence-electron chi connectivity index (χ3n) is 2.79. The average Bonchev–Trinajstić information content (AvgIpc) is 2.77. The summed E-state index contributed by atoms with van der Waals surface area (Å²) in [4.78, 5) is 15.9. The van der Waals surface area contributed by atoms with Gasteiger partial charge in [-0.05, 0) is 24.5 Å². The molecule has 18 heavy (non-hydrogen) atoms. The first-order chi connectivity index (χ1) is 8.65. The number of thiazole rings is 1. The molecule has 0 atom stereocenters. The van der Waals surface area contributed by atoms with Crippen molar-refractivity contribution in [3.8, 4) is 0 Å². The summed E-state index contributed by atoms with van der Waals surface area (Å²) in [5.41, 5.74) is 2.54. The predicted molar refractivity (Wildman–Crippen MR) is 72.1 cm³/mol. The monoisotopic (exact) mass is 261 g/mol. The molecular weight excluding hydrogens is 246 g/mol. The number of benzene rings is 1. The van der Waals surface area contributed by atoms with Crippen molar-refractivity contribution in [2.45, 2.75) is 26.2 Å². The number of hydrogen-bond acceptors (Lipinski definition) is 3. The highest BCUT2D eigenvalue weighted by Gasteiger charge is 2.06. The Labute approximate surface area is 110 Å². The lowest BCUT2D eigenvalue weighted by molar-refractivity contribution is -0.136. The summed E-state index contributed by atoms with van der Waals surface area (Å²) < 4.78 is 0. The van der Waals surface area contributed by atoms with Crippen molar-refractivity contribution in [3.05, 3.63) is 51.5 Å². The van der Waals surface area contributed by atoms with Gasteiger partial charge < -0.3 is 5.11 Å². The second kappa shape index (κ2) is 5.78. The van der Waals surface area contributed by atoms with E-state index in [9.17, 15) is 4.79 Å². The Balaban J connectivity index is 2.02. The van der Waals surface area contributed by atoms with Gasteiger partial charge in [0.2, 0.25) is 0 Å². The molecule has 2 aromatic rings. The fourth-order valence-corrected chi connectivity index (χ4v) is 2.69. The van der Waals surface area contributed by atoms with Crippen molar-refractivity contribution in [1.82, 2.24) is 4.98 Å². The van der Waals surface area contributed by atoms with Gasteiger partial charge in [0, 0.05) is 17.5 Å². The van der Waals surface area contributed by atoms with Gasteiger partial charge in [0.05, 0.1) is 11.4 Å². The number of nitrogens with zero attached hydrogens (tertiary/aromatic N) is 1. The van der Waals surface area contributed by atoms with E-state index in [4.69, 9.17) is 5.11 Å². The predicted octanol–water partition coefficient (Wildman–Crippen LogP) is 3.06. The molecule has 0 saturated carbocycles. The van der Waals surface area contributed by atoms with Crippen LogP contribution in [0.1, 0.15) is 27.4 Å². The van der Waals surface area contributed by atoms with Crippen LogP contribution in [-0.4, -0.2) is 16.1 Å². The molecule has 1 aromatic carbocycles. The first kappa shape index (κ1) is 12.8. The summed E-state index contributed by atoms with van der Waals surface area (Å²) >= 11 is 1.60. The lowest BCUT2D eigenvalue weighted by Crippen LogP contribution is -1.95. The summed E-state index contributed by atoms with van der Waals surface area (Å²) in [5, 5.41) is 9.68. The Bertz CT molecular complexity index is 548. The highest BCUT2D eigenvalue weighted by atomic mass is 32.1. The summed E-state index contributed by atoms with van der Waals surface area (Å²) in [5.74, 6) is -0.760. The van der Waals surface area contributed by atoms with Crippen LogP contribution in [0.15, 0.2) is 30.5 Å². The highest BCUT2D eigenvalue weighted by molar-refractivity contribution is 7.11. The molecule has 4 heteroatoms. The Hall–Kier alpha value is -1.68. The number of carboxylic acids is 1. The van der Waals surface area contributed by atoms with E-state index in [1.807, 2.05) is 12.1 Å². The molecule has 1 N–H and O–H groups in total. The minimum atomic E-state index is -0.760. The van der Waals surface area contributed by atoms with Gasteiger partial charge in [-0.2, -0.15) is 0 Å². The molecule has 3 nitrogen and oxygen atoms in total. The van der Waals surface area contributed by atoms with E-state index < -0.39 is 5.97 Å². The number of hydrogen-bond donors (Lipinski definition) is 1. The topological polar surface area (TPSA) is 50.2 Å². The zero-order chi connectivity index (χ0) is 13.0. The molecular formula is C14H15NO2S. The second-order valence-electron chi connectivity index (χ2n) is 4.22. The molecule has 0 fully saturated rings. The van der Waals surface area contributed by atoms with Gasteiger partial charge >= 0.3 is 5.97 Å². The van der Waals surface area contributed by atoms with E-state index in [1.54, 1.807) is 17.5 Å². The molecule has 0 radical (unpaired) electrons. The van der Waals surface area contributed by atoms with E-state index in [0.29, 0.717) is 6.42 Å². The van der Waals surface area contributed by atoms with Crippen LogP contribution in [0.4, 0.5) is 0 Å². The molecule has 0 amide bonds. The SMILES string of the molecule is Cc1ccccc1Cc1ncc(CCC(=O)O)s1. The standard InChI is InChI=1S/C14H15NO2S/c1-10-4-2-3-5-11(10)8-13-15-9-12(18-13)6-7-14(16)17/h2-5,9H,6-8H2,1H3,(H,16,17). The number of aliphatic carboxylic acids is 1. The molecule has 0 saturated heterocycles. The van der Waals surface area contributed by atoms with Gasteiger partial charge in [-0.3, -0.25) is 4.79 Å². The summed E-state index contributed by atoms with van der Waals surface area (Å²) in [7, 11) is 0. The Kier molecular flexibility index (Phi) is 4.10. The van der Waals surface area contributed by atoms with Gasteiger partial charge in [0.1, 0.15) is 0 Å². The van der Waals surface area contributed by atoms with Gasteiger partial charge in [-0.15, -0.1) is 11.3 Å². The van der Waals surface area contributed by atoms with E-state index in [0.717, 1.165) is 16.3 Å². The van der Waals surface area contributed by atoms with Crippen LogP contribution in [-0.2, 0) is 17.6 Å². The minimum absolute atomic E-state index is 0.173. The smallest absolute Gasteiger partial charge is 0.303 e. The minimum Gasteiger partial charge on any atom is -0.481 e. The number of rotatable bonds is 5. The fraction of sp³-hybridized carbons (Fsp3) is 0.286. The lowest BCUT2D eigenvalue weighted by atomic mass is 10.1. The molecule has 94 valence electrons. The van der Waals surface area contributed by atoms with Crippen molar-refractivity contribution in [2.75, 3.05) is 0 Å². The van der Waals surface area contributed by atoms with E-state index >= 15 is 0 Å². The number of carboxylic acid groups (broad SMARTS) is 1. The molecule has 0 aliphatic carbocycles. The van der Waals surface area contributed by atoms with Crippen molar-refractivity contribution < 1.29 is 9.90 Å². The summed E-state index contributed by atoms with van der Waals surface area (Å²) in [6.45, 7) is 2.09. The van der Waals surface area contributed by atoms with Crippen LogP contribution in [0.3, 0.4) is 0 Å². The molecule has 0 spiro atoms. The van der Waals surface area contributed by atoms with Crippen molar-refractivity contribution >= 4 is 17.3 Å². The van der Waals surface area contributed by atoms with Crippen molar-refractivity contribution in [3.63, 3.8) is 0 Å². The molecule has 1 aromatic heterocycles. The molecule has 0 aliphatic rings. The maximum absolute atomic E-state index is 10.5. The molecule has 2 rings (SSSR count). The Morgan fingerprint density at radius 3 is 2.89 bits per heavy atom. The van der Waals surface area contributed by atoms with Gasteiger partial charge in [-0.1, -0.05) is 24.3 Å². The third kappa shape index (κ3) is 3.40. The van der Waals surface area contributed by atoms with Crippen molar-refractivity contribution in [2.24, 2.45) is 0 Å². The van der Waals surface area contributed by atoms with Gasteiger partial charge in [-0.25, -0.2) is 4.98 Å². The van der Waals surface area contributed by atoms with Crippen LogP contribution in [0.25, 0.3) is 0 Å². The molecule has 0 unspecified atom stereocenters. The average molecular weight is 261 g/mol. The Morgan fingerprint density at radius 1 is 1.39 bits per heavy atom. The van der Waals surface area contributed by atoms with Crippen LogP contribution in [0, 0.1) is 6.92 Å². The number of aryl methyl sites for hydroxylation is 2. The zero-order valence-corrected chi connectivity index (χ0v) is 11.0. The van der Waals surface area contributed by atoms with Crippen LogP contribution in [0.5, 0.6) is 0 Å². The van der Waals surface area contributed by atoms with E-state index in [-0.39, 0.29) is 6.42 Å². The molecule has 0 aliphatic heterocycles. The van der Waals surface area contributed by atoms with Crippen molar-refractivity contribution in [1.29, 1.82) is 0 Å². The van der Waals surface area contributed by atoms with E-state index in [1.165, 1.54) is 11.1 Å². The maximum atomic E-state index is 10.5. The second-order valence-corrected chi connectivity index (χ2v) is 5.42. The normalized spacial score (nSPS) is 10.5. The summed E-state index contributed by atoms with van der Waals surface area (Å²) in [6.07, 6.45) is 3.36.